The summed E-state index contributed by atoms with van der Waals surface area (Å²) in [5.74, 6) is -2.94. The van der Waals surface area contributed by atoms with Gasteiger partial charge in [-0.2, -0.15) is 0 Å². The second-order valence-corrected chi connectivity index (χ2v) is 1.63. The molecular weight excluding hydrogens is 256 g/mol. The zero-order valence-electron chi connectivity index (χ0n) is 11.4. The maximum Gasteiger partial charge on any atom is 0.327 e. The van der Waals surface area contributed by atoms with Crippen LogP contribution in [0.2, 0.25) is 0 Å². The van der Waals surface area contributed by atoms with Gasteiger partial charge in [-0.3, -0.25) is 0 Å². The van der Waals surface area contributed by atoms with Crippen LogP contribution in [0.3, 0.4) is 0 Å². The van der Waals surface area contributed by atoms with Crippen molar-refractivity contribution in [2.75, 3.05) is 7.11 Å². The van der Waals surface area contributed by atoms with Crippen molar-refractivity contribution in [2.45, 2.75) is 13.8 Å². The van der Waals surface area contributed by atoms with E-state index in [1.54, 1.807) is 0 Å². The van der Waals surface area contributed by atoms with Crippen molar-refractivity contribution in [3.63, 3.8) is 0 Å². The maximum atomic E-state index is 9.25. The van der Waals surface area contributed by atoms with Crippen molar-refractivity contribution >= 4 is 17.9 Å². The van der Waals surface area contributed by atoms with Crippen molar-refractivity contribution in [1.29, 1.82) is 0 Å². The fraction of sp³-hybridized carbons (Fsp3) is 0.250. The van der Waals surface area contributed by atoms with Gasteiger partial charge in [0.1, 0.15) is 0 Å². The van der Waals surface area contributed by atoms with E-state index in [0.717, 1.165) is 25.3 Å². The van der Waals surface area contributed by atoms with Crippen LogP contribution in [-0.2, 0) is 14.4 Å². The number of hydrogen-bond acceptors (Lipinski definition) is 4. The van der Waals surface area contributed by atoms with Gasteiger partial charge in [0.2, 0.25) is 0 Å². The number of carboxylic acid groups (broad SMARTS) is 3. The third-order valence-corrected chi connectivity index (χ3v) is 0.524. The maximum absolute atomic E-state index is 9.25. The molecule has 0 bridgehead atoms. The summed E-state index contributed by atoms with van der Waals surface area (Å²) in [5.41, 5.74) is 0. The van der Waals surface area contributed by atoms with Crippen molar-refractivity contribution in [1.82, 2.24) is 0 Å². The molecule has 0 saturated heterocycles. The predicted octanol–water partition coefficient (Wildman–Crippen LogP) is 1.41. The van der Waals surface area contributed by atoms with Gasteiger partial charge in [0, 0.05) is 25.3 Å². The number of aliphatic hydroxyl groups excluding tert-OH is 1. The summed E-state index contributed by atoms with van der Waals surface area (Å²) >= 11 is 0. The number of aliphatic carboxylic acids is 3. The predicted molar refractivity (Wildman–Crippen MR) is 73.0 cm³/mol. The summed E-state index contributed by atoms with van der Waals surface area (Å²) in [6, 6.07) is 0. The fourth-order valence-corrected chi connectivity index (χ4v) is 0. The monoisotopic (exact) mass is 278 g/mol. The van der Waals surface area contributed by atoms with Crippen LogP contribution >= 0.6 is 0 Å². The molecular formula is C12H22O7. The Morgan fingerprint density at radius 1 is 0.684 bits per heavy atom. The van der Waals surface area contributed by atoms with Crippen molar-refractivity contribution in [3.05, 3.63) is 38.0 Å². The van der Waals surface area contributed by atoms with Crippen LogP contribution in [0.5, 0.6) is 0 Å². The van der Waals surface area contributed by atoms with E-state index in [2.05, 4.69) is 19.7 Å². The van der Waals surface area contributed by atoms with Gasteiger partial charge < -0.3 is 20.4 Å². The first-order valence-electron chi connectivity index (χ1n) is 4.82. The van der Waals surface area contributed by atoms with Gasteiger partial charge in [-0.05, 0) is 0 Å². The molecule has 0 aliphatic carbocycles. The second kappa shape index (κ2) is 36.1. The van der Waals surface area contributed by atoms with Crippen LogP contribution < -0.4 is 0 Å². The van der Waals surface area contributed by atoms with E-state index >= 15 is 0 Å². The van der Waals surface area contributed by atoms with E-state index in [4.69, 9.17) is 20.4 Å². The molecule has 0 amide bonds. The van der Waals surface area contributed by atoms with Crippen molar-refractivity contribution in [2.24, 2.45) is 0 Å². The van der Waals surface area contributed by atoms with Gasteiger partial charge in [0.25, 0.3) is 0 Å². The summed E-state index contributed by atoms with van der Waals surface area (Å²) in [6.45, 7) is 12.9. The normalized spacial score (nSPS) is 5.68. The van der Waals surface area contributed by atoms with Crippen LogP contribution in [0.4, 0.5) is 0 Å². The number of carbonyl (C=O) groups is 3. The Morgan fingerprint density at radius 2 is 0.737 bits per heavy atom. The highest BCUT2D eigenvalue weighted by Gasteiger charge is 1.74. The molecule has 0 fully saturated rings. The highest BCUT2D eigenvalue weighted by atomic mass is 16.4. The molecule has 0 heterocycles. The number of rotatable bonds is 3. The topological polar surface area (TPSA) is 132 Å². The van der Waals surface area contributed by atoms with Crippen LogP contribution in [0.1, 0.15) is 13.8 Å². The molecule has 0 aliphatic rings. The summed E-state index contributed by atoms with van der Waals surface area (Å²) in [6.07, 6.45) is 2.50. The van der Waals surface area contributed by atoms with Gasteiger partial charge in [-0.1, -0.05) is 33.6 Å². The average Bonchev–Trinajstić information content (AvgIpc) is 2.44. The largest absolute Gasteiger partial charge is 0.478 e. The van der Waals surface area contributed by atoms with Gasteiger partial charge in [-0.15, -0.1) is 0 Å². The minimum atomic E-state index is -0.981. The lowest BCUT2D eigenvalue weighted by Gasteiger charge is -1.64. The molecule has 0 rings (SSSR count). The molecule has 4 N–H and O–H groups in total. The van der Waals surface area contributed by atoms with E-state index in [1.165, 1.54) is 0 Å². The number of aliphatic hydroxyl groups is 1. The Hall–Kier alpha value is -2.41. The Labute approximate surface area is 112 Å². The minimum Gasteiger partial charge on any atom is -0.478 e. The highest BCUT2D eigenvalue weighted by Crippen LogP contribution is 1.55. The Morgan fingerprint density at radius 3 is 0.737 bits per heavy atom. The van der Waals surface area contributed by atoms with Gasteiger partial charge in [0.15, 0.2) is 0 Å². The van der Waals surface area contributed by atoms with E-state index in [-0.39, 0.29) is 0 Å². The second-order valence-electron chi connectivity index (χ2n) is 1.63. The molecule has 0 aromatic carbocycles. The first kappa shape index (κ1) is 30.0. The zero-order valence-corrected chi connectivity index (χ0v) is 11.4. The summed E-state index contributed by atoms with van der Waals surface area (Å²) < 4.78 is 0. The molecule has 112 valence electrons. The summed E-state index contributed by atoms with van der Waals surface area (Å²) in [4.78, 5) is 27.8. The highest BCUT2D eigenvalue weighted by molar-refractivity contribution is 5.79. The Bertz CT molecular complexity index is 214. The molecule has 0 aliphatic heterocycles. The number of carboxylic acids is 3. The molecule has 0 unspecified atom stereocenters. The van der Waals surface area contributed by atoms with Crippen LogP contribution in [-0.4, -0.2) is 45.4 Å². The Kier molecular flexibility index (Phi) is 57.0. The quantitative estimate of drug-likeness (QED) is 0.573. The lowest BCUT2D eigenvalue weighted by atomic mass is 10.7. The van der Waals surface area contributed by atoms with Crippen LogP contribution in [0.25, 0.3) is 0 Å². The van der Waals surface area contributed by atoms with E-state index in [1.807, 2.05) is 13.8 Å². The molecule has 0 radical (unpaired) electrons. The lowest BCUT2D eigenvalue weighted by molar-refractivity contribution is -0.132. The fourth-order valence-electron chi connectivity index (χ4n) is 0. The van der Waals surface area contributed by atoms with E-state index in [0.29, 0.717) is 0 Å². The third kappa shape index (κ3) is 223. The smallest absolute Gasteiger partial charge is 0.327 e. The molecule has 19 heavy (non-hydrogen) atoms. The van der Waals surface area contributed by atoms with Crippen molar-refractivity contribution in [3.8, 4) is 0 Å². The molecule has 0 spiro atoms. The molecule has 0 aromatic rings. The average molecular weight is 278 g/mol. The van der Waals surface area contributed by atoms with Gasteiger partial charge >= 0.3 is 17.9 Å². The van der Waals surface area contributed by atoms with Crippen LogP contribution in [0.15, 0.2) is 38.0 Å². The summed E-state index contributed by atoms with van der Waals surface area (Å²) in [7, 11) is 1.00. The third-order valence-electron chi connectivity index (χ3n) is 0.524. The molecule has 0 aromatic heterocycles. The zero-order chi connectivity index (χ0) is 16.9. The first-order chi connectivity index (χ1) is 8.81. The minimum absolute atomic E-state index is 0.833. The lowest BCUT2D eigenvalue weighted by Crippen LogP contribution is -1.82. The van der Waals surface area contributed by atoms with Crippen LogP contribution in [0, 0.1) is 0 Å². The molecule has 7 nitrogen and oxygen atoms in total. The van der Waals surface area contributed by atoms with E-state index < -0.39 is 17.9 Å². The summed E-state index contributed by atoms with van der Waals surface area (Å²) in [5, 5.41) is 29.8. The molecule has 7 heteroatoms. The van der Waals surface area contributed by atoms with E-state index in [9.17, 15) is 14.4 Å². The SMILES string of the molecule is C=CC(=O)O.C=CC(=O)O.C=CC(=O)O.CC.CO. The number of hydrogen-bond donors (Lipinski definition) is 4. The van der Waals surface area contributed by atoms with Crippen molar-refractivity contribution < 1.29 is 34.8 Å². The molecule has 0 atom stereocenters. The van der Waals surface area contributed by atoms with Gasteiger partial charge in [-0.25, -0.2) is 14.4 Å². The Balaban J connectivity index is -0.0000000455. The standard InChI is InChI=1S/3C3H4O2.C2H6.CH4O/c3*1-2-3(4)5;2*1-2/h3*2H,1H2,(H,4,5);1-2H3;2H,1H3. The first-order valence-corrected chi connectivity index (χ1v) is 4.82. The van der Waals surface area contributed by atoms with Gasteiger partial charge in [0.05, 0.1) is 0 Å². The molecule has 0 saturated carbocycles.